The van der Waals surface area contributed by atoms with E-state index in [-0.39, 0.29) is 23.6 Å². The molecule has 5 nitrogen and oxygen atoms in total. The number of halogens is 1. The van der Waals surface area contributed by atoms with Crippen LogP contribution >= 0.6 is 0 Å². The third-order valence-electron chi connectivity index (χ3n) is 7.11. The van der Waals surface area contributed by atoms with E-state index in [2.05, 4.69) is 12.2 Å². The summed E-state index contributed by atoms with van der Waals surface area (Å²) in [4.78, 5) is 44.3. The van der Waals surface area contributed by atoms with E-state index >= 15 is 0 Å². The molecule has 2 amide bonds. The molecule has 0 spiro atoms. The predicted molar refractivity (Wildman–Crippen MR) is 121 cm³/mol. The molecule has 2 aromatic carbocycles. The van der Waals surface area contributed by atoms with Crippen molar-refractivity contribution in [1.82, 2.24) is 4.90 Å². The number of fused-ring (bicyclic) bond motifs is 5. The first-order valence-corrected chi connectivity index (χ1v) is 11.1. The minimum atomic E-state index is -0.837. The maximum absolute atomic E-state index is 13.7. The quantitative estimate of drug-likeness (QED) is 0.534. The summed E-state index contributed by atoms with van der Waals surface area (Å²) in [7, 11) is 0. The van der Waals surface area contributed by atoms with Crippen LogP contribution in [0.5, 0.6) is 0 Å². The zero-order valence-electron chi connectivity index (χ0n) is 17.7. The van der Waals surface area contributed by atoms with Gasteiger partial charge in [-0.25, -0.2) is 9.29 Å². The van der Waals surface area contributed by atoms with Crippen LogP contribution in [0, 0.1) is 17.7 Å². The molecule has 33 heavy (non-hydrogen) atoms. The van der Waals surface area contributed by atoms with Gasteiger partial charge in [-0.15, -0.1) is 0 Å². The van der Waals surface area contributed by atoms with E-state index in [0.29, 0.717) is 11.3 Å². The van der Waals surface area contributed by atoms with Crippen molar-refractivity contribution in [2.75, 3.05) is 4.90 Å². The molecule has 0 N–H and O–H groups in total. The number of imide groups is 1. The molecule has 2 saturated heterocycles. The largest absolute Gasteiger partial charge is 0.358 e. The van der Waals surface area contributed by atoms with Gasteiger partial charge in [-0.05, 0) is 66.5 Å². The van der Waals surface area contributed by atoms with Gasteiger partial charge in [-0.1, -0.05) is 30.4 Å². The Kier molecular flexibility index (Phi) is 4.43. The third-order valence-corrected chi connectivity index (χ3v) is 7.11. The zero-order valence-corrected chi connectivity index (χ0v) is 17.7. The molecule has 6 heteroatoms. The Morgan fingerprint density at radius 2 is 1.58 bits per heavy atom. The molecule has 0 bridgehead atoms. The van der Waals surface area contributed by atoms with E-state index in [0.717, 1.165) is 24.0 Å². The molecule has 6 rings (SSSR count). The lowest BCUT2D eigenvalue weighted by Crippen LogP contribution is -2.47. The van der Waals surface area contributed by atoms with Crippen LogP contribution in [0.4, 0.5) is 10.1 Å². The Morgan fingerprint density at radius 1 is 0.879 bits per heavy atom. The first kappa shape index (κ1) is 19.9. The fourth-order valence-corrected chi connectivity index (χ4v) is 5.71. The number of carbonyl (C=O) groups is 3. The van der Waals surface area contributed by atoms with Gasteiger partial charge in [0.25, 0.3) is 0 Å². The number of anilines is 1. The number of rotatable bonds is 3. The Hall–Kier alpha value is -3.80. The Labute approximate surface area is 190 Å². The first-order valence-electron chi connectivity index (χ1n) is 11.1. The van der Waals surface area contributed by atoms with Crippen molar-refractivity contribution >= 4 is 23.3 Å². The van der Waals surface area contributed by atoms with E-state index in [4.69, 9.17) is 0 Å². The number of para-hydroxylation sites is 1. The maximum atomic E-state index is 13.7. The van der Waals surface area contributed by atoms with Gasteiger partial charge in [0, 0.05) is 11.8 Å². The molecule has 0 saturated carbocycles. The highest BCUT2D eigenvalue weighted by atomic mass is 19.1. The summed E-state index contributed by atoms with van der Waals surface area (Å²) in [5.74, 6) is -2.83. The number of benzene rings is 2. The number of hydrogen-bond donors (Lipinski definition) is 0. The van der Waals surface area contributed by atoms with Gasteiger partial charge in [-0.2, -0.15) is 0 Å². The van der Waals surface area contributed by atoms with E-state index in [1.54, 1.807) is 24.3 Å². The minimum absolute atomic E-state index is 0.276. The average molecular weight is 440 g/mol. The second-order valence-corrected chi connectivity index (χ2v) is 8.82. The molecule has 1 aliphatic carbocycles. The highest BCUT2D eigenvalue weighted by Crippen LogP contribution is 2.50. The van der Waals surface area contributed by atoms with Gasteiger partial charge in [-0.3, -0.25) is 14.4 Å². The molecule has 3 aliphatic heterocycles. The standard InChI is InChI=1S/C27H21FN2O3/c28-18-12-10-17(11-13-18)25(31)24-22-21(23-20-9-5-4-6-16(20)14-15-29(23)24)26(32)30(27(22)33)19-7-2-1-3-8-19/h1-3,6-15,21-24H,4-5H2/t21-,22+,23?,24?/m0/s1. The molecular weight excluding hydrogens is 419 g/mol. The molecule has 2 aromatic rings. The SMILES string of the molecule is O=C(c1ccc(F)cc1)C1[C@@H]2C(=O)N(c3ccccc3)C(=O)[C@@H]2C2C3=CCCC=C3C=CN21. The van der Waals surface area contributed by atoms with Crippen LogP contribution < -0.4 is 4.90 Å². The van der Waals surface area contributed by atoms with Crippen LogP contribution in [0.15, 0.2) is 90.2 Å². The van der Waals surface area contributed by atoms with Gasteiger partial charge < -0.3 is 4.90 Å². The molecular formula is C27H21FN2O3. The lowest BCUT2D eigenvalue weighted by molar-refractivity contribution is -0.123. The van der Waals surface area contributed by atoms with Crippen LogP contribution in [0.2, 0.25) is 0 Å². The summed E-state index contributed by atoms with van der Waals surface area (Å²) in [5, 5.41) is 0. The molecule has 2 unspecified atom stereocenters. The first-order chi connectivity index (χ1) is 16.1. The monoisotopic (exact) mass is 440 g/mol. The number of allylic oxidation sites excluding steroid dienone is 3. The van der Waals surface area contributed by atoms with Gasteiger partial charge >= 0.3 is 0 Å². The Bertz CT molecular complexity index is 1260. The molecule has 3 heterocycles. The predicted octanol–water partition coefficient (Wildman–Crippen LogP) is 4.04. The molecule has 4 atom stereocenters. The van der Waals surface area contributed by atoms with Crippen molar-refractivity contribution in [2.45, 2.75) is 24.9 Å². The Morgan fingerprint density at radius 3 is 2.33 bits per heavy atom. The van der Waals surface area contributed by atoms with Crippen molar-refractivity contribution in [3.8, 4) is 0 Å². The summed E-state index contributed by atoms with van der Waals surface area (Å²) >= 11 is 0. The summed E-state index contributed by atoms with van der Waals surface area (Å²) in [5.41, 5.74) is 2.89. The Balaban J connectivity index is 1.49. The van der Waals surface area contributed by atoms with Gasteiger partial charge in [0.2, 0.25) is 11.8 Å². The smallest absolute Gasteiger partial charge is 0.240 e. The van der Waals surface area contributed by atoms with Gasteiger partial charge in [0.1, 0.15) is 11.9 Å². The van der Waals surface area contributed by atoms with Crippen LogP contribution in [0.3, 0.4) is 0 Å². The normalized spacial score (nSPS) is 27.7. The number of carbonyl (C=O) groups excluding carboxylic acids is 3. The minimum Gasteiger partial charge on any atom is -0.358 e. The second-order valence-electron chi connectivity index (χ2n) is 8.82. The van der Waals surface area contributed by atoms with Crippen molar-refractivity contribution in [1.29, 1.82) is 0 Å². The van der Waals surface area contributed by atoms with Crippen LogP contribution in [-0.2, 0) is 9.59 Å². The van der Waals surface area contributed by atoms with Crippen LogP contribution in [-0.4, -0.2) is 34.6 Å². The lowest BCUT2D eigenvalue weighted by atomic mass is 9.81. The van der Waals surface area contributed by atoms with Crippen molar-refractivity contribution in [3.63, 3.8) is 0 Å². The summed E-state index contributed by atoms with van der Waals surface area (Å²) in [6, 6.07) is 13.0. The molecule has 164 valence electrons. The summed E-state index contributed by atoms with van der Waals surface area (Å²) in [6.45, 7) is 0. The van der Waals surface area contributed by atoms with Gasteiger partial charge in [0.05, 0.1) is 23.6 Å². The van der Waals surface area contributed by atoms with Gasteiger partial charge in [0.15, 0.2) is 5.78 Å². The number of ketones is 1. The molecule has 2 fully saturated rings. The van der Waals surface area contributed by atoms with E-state index in [1.807, 2.05) is 23.2 Å². The molecule has 0 aromatic heterocycles. The number of hydrogen-bond acceptors (Lipinski definition) is 4. The van der Waals surface area contributed by atoms with Crippen molar-refractivity contribution < 1.29 is 18.8 Å². The van der Waals surface area contributed by atoms with E-state index in [9.17, 15) is 18.8 Å². The van der Waals surface area contributed by atoms with Crippen molar-refractivity contribution in [2.24, 2.45) is 11.8 Å². The topological polar surface area (TPSA) is 57.7 Å². The van der Waals surface area contributed by atoms with Crippen LogP contribution in [0.25, 0.3) is 0 Å². The summed E-state index contributed by atoms with van der Waals surface area (Å²) in [6.07, 6.45) is 9.85. The number of amides is 2. The molecule has 0 radical (unpaired) electrons. The lowest BCUT2D eigenvalue weighted by Gasteiger charge is -2.37. The summed E-state index contributed by atoms with van der Waals surface area (Å²) < 4.78 is 13.5. The highest BCUT2D eigenvalue weighted by molar-refractivity contribution is 6.24. The van der Waals surface area contributed by atoms with Crippen LogP contribution in [0.1, 0.15) is 23.2 Å². The second kappa shape index (κ2) is 7.37. The van der Waals surface area contributed by atoms with Crippen molar-refractivity contribution in [3.05, 3.63) is 102 Å². The highest BCUT2D eigenvalue weighted by Gasteiger charge is 2.64. The fourth-order valence-electron chi connectivity index (χ4n) is 5.71. The maximum Gasteiger partial charge on any atom is 0.240 e. The third kappa shape index (κ3) is 2.86. The number of Topliss-reactive ketones (excluding diaryl/α,β-unsaturated/α-hetero) is 1. The number of nitrogens with zero attached hydrogens (tertiary/aromatic N) is 2. The van der Waals surface area contributed by atoms with E-state index < -0.39 is 23.7 Å². The zero-order chi connectivity index (χ0) is 22.7. The molecule has 4 aliphatic rings. The van der Waals surface area contributed by atoms with E-state index in [1.165, 1.54) is 29.2 Å². The average Bonchev–Trinajstić information content (AvgIpc) is 3.32. The fraction of sp³-hybridized carbons (Fsp3) is 0.222.